The summed E-state index contributed by atoms with van der Waals surface area (Å²) in [6.45, 7) is 3.52. The molecule has 2 aromatic carbocycles. The van der Waals surface area contributed by atoms with Gasteiger partial charge in [0.1, 0.15) is 18.2 Å². The molecule has 0 amide bonds. The highest BCUT2D eigenvalue weighted by Gasteiger charge is 2.09. The molecule has 0 N–H and O–H groups in total. The lowest BCUT2D eigenvalue weighted by Gasteiger charge is -2.09. The van der Waals surface area contributed by atoms with Gasteiger partial charge in [-0.2, -0.15) is 0 Å². The molecule has 2 aromatic rings. The van der Waals surface area contributed by atoms with E-state index in [2.05, 4.69) is 0 Å². The van der Waals surface area contributed by atoms with E-state index in [9.17, 15) is 9.18 Å². The van der Waals surface area contributed by atoms with Crippen molar-refractivity contribution in [3.05, 3.63) is 63.9 Å². The van der Waals surface area contributed by atoms with Crippen LogP contribution in [0, 0.1) is 12.7 Å². The van der Waals surface area contributed by atoms with E-state index in [1.165, 1.54) is 19.1 Å². The fourth-order valence-corrected chi connectivity index (χ4v) is 2.09. The van der Waals surface area contributed by atoms with Gasteiger partial charge in [-0.05, 0) is 37.6 Å². The summed E-state index contributed by atoms with van der Waals surface area (Å²) in [6.07, 6.45) is 0. The summed E-state index contributed by atoms with van der Waals surface area (Å²) < 4.78 is 19.1. The molecule has 0 fully saturated rings. The zero-order valence-electron chi connectivity index (χ0n) is 11.2. The number of halogens is 2. The molecule has 0 heterocycles. The maximum absolute atomic E-state index is 13.6. The van der Waals surface area contributed by atoms with Crippen LogP contribution in [0.1, 0.15) is 28.4 Å². The van der Waals surface area contributed by atoms with Crippen molar-refractivity contribution in [1.29, 1.82) is 0 Å². The Morgan fingerprint density at radius 3 is 2.60 bits per heavy atom. The number of benzene rings is 2. The van der Waals surface area contributed by atoms with E-state index in [-0.39, 0.29) is 18.0 Å². The minimum Gasteiger partial charge on any atom is -0.489 e. The Morgan fingerprint density at radius 1 is 1.25 bits per heavy atom. The highest BCUT2D eigenvalue weighted by molar-refractivity contribution is 6.31. The monoisotopic (exact) mass is 292 g/mol. The molecule has 0 spiro atoms. The summed E-state index contributed by atoms with van der Waals surface area (Å²) in [5.74, 6) is -0.523. The minimum absolute atomic E-state index is 0.0609. The van der Waals surface area contributed by atoms with Gasteiger partial charge in [0.2, 0.25) is 0 Å². The number of rotatable bonds is 4. The molecule has 2 rings (SSSR count). The van der Waals surface area contributed by atoms with Gasteiger partial charge in [0.25, 0.3) is 0 Å². The van der Waals surface area contributed by atoms with Gasteiger partial charge in [-0.1, -0.05) is 23.7 Å². The highest BCUT2D eigenvalue weighted by Crippen LogP contribution is 2.22. The number of Topliss-reactive ketones (excluding diaryl/α,β-unsaturated/α-hetero) is 1. The number of carbonyl (C=O) groups is 1. The van der Waals surface area contributed by atoms with Crippen molar-refractivity contribution in [1.82, 2.24) is 0 Å². The fourth-order valence-electron chi connectivity index (χ4n) is 1.80. The molecule has 0 unspecified atom stereocenters. The number of hydrogen-bond acceptors (Lipinski definition) is 2. The summed E-state index contributed by atoms with van der Waals surface area (Å²) in [4.78, 5) is 11.1. The van der Waals surface area contributed by atoms with Crippen LogP contribution in [0.25, 0.3) is 0 Å². The van der Waals surface area contributed by atoms with Crippen LogP contribution in [0.15, 0.2) is 36.4 Å². The van der Waals surface area contributed by atoms with Gasteiger partial charge in [0.15, 0.2) is 5.78 Å². The third kappa shape index (κ3) is 3.36. The number of carbonyl (C=O) groups excluding carboxylic acids is 1. The molecule has 104 valence electrons. The molecular formula is C16H14ClFO2. The number of aryl methyl sites for hydroxylation is 1. The van der Waals surface area contributed by atoms with Crippen molar-refractivity contribution < 1.29 is 13.9 Å². The van der Waals surface area contributed by atoms with Gasteiger partial charge >= 0.3 is 0 Å². The quantitative estimate of drug-likeness (QED) is 0.772. The lowest BCUT2D eigenvalue weighted by Crippen LogP contribution is -2.00. The molecule has 0 radical (unpaired) electrons. The van der Waals surface area contributed by atoms with Gasteiger partial charge < -0.3 is 4.74 Å². The Labute approximate surface area is 122 Å². The van der Waals surface area contributed by atoms with E-state index in [1.807, 2.05) is 25.1 Å². The predicted molar refractivity (Wildman–Crippen MR) is 76.9 cm³/mol. The first kappa shape index (κ1) is 14.5. The van der Waals surface area contributed by atoms with Crippen LogP contribution in [0.2, 0.25) is 5.02 Å². The van der Waals surface area contributed by atoms with Crippen LogP contribution in [0.3, 0.4) is 0 Å². The van der Waals surface area contributed by atoms with Crippen molar-refractivity contribution >= 4 is 17.4 Å². The van der Waals surface area contributed by atoms with Gasteiger partial charge in [-0.3, -0.25) is 4.79 Å². The van der Waals surface area contributed by atoms with E-state index in [0.717, 1.165) is 11.1 Å². The molecule has 2 nitrogen and oxygen atoms in total. The topological polar surface area (TPSA) is 26.3 Å². The number of hydrogen-bond donors (Lipinski definition) is 0. The fraction of sp³-hybridized carbons (Fsp3) is 0.188. The first-order chi connectivity index (χ1) is 9.47. The van der Waals surface area contributed by atoms with E-state index in [4.69, 9.17) is 16.3 Å². The highest BCUT2D eigenvalue weighted by atomic mass is 35.5. The average Bonchev–Trinajstić information content (AvgIpc) is 2.37. The van der Waals surface area contributed by atoms with Gasteiger partial charge in [0.05, 0.1) is 5.56 Å². The average molecular weight is 293 g/mol. The SMILES string of the molecule is CC(=O)c1ccc(OCc2ccc(C)cc2Cl)cc1F. The van der Waals surface area contributed by atoms with Gasteiger partial charge in [0, 0.05) is 16.7 Å². The van der Waals surface area contributed by atoms with Crippen molar-refractivity contribution in [3.8, 4) is 5.75 Å². The Hall–Kier alpha value is -1.87. The largest absolute Gasteiger partial charge is 0.489 e. The van der Waals surface area contributed by atoms with Gasteiger partial charge in [-0.15, -0.1) is 0 Å². The molecule has 0 saturated carbocycles. The Bertz CT molecular complexity index is 653. The van der Waals surface area contributed by atoms with Crippen LogP contribution < -0.4 is 4.74 Å². The second-order valence-electron chi connectivity index (χ2n) is 4.58. The molecule has 0 aromatic heterocycles. The second-order valence-corrected chi connectivity index (χ2v) is 4.99. The predicted octanol–water partition coefficient (Wildman–Crippen LogP) is 4.57. The molecular weight excluding hydrogens is 279 g/mol. The molecule has 0 aliphatic rings. The minimum atomic E-state index is -0.579. The molecule has 0 saturated heterocycles. The lowest BCUT2D eigenvalue weighted by atomic mass is 10.1. The van der Waals surface area contributed by atoms with Crippen LogP contribution in [-0.4, -0.2) is 5.78 Å². The Kier molecular flexibility index (Phi) is 4.40. The maximum atomic E-state index is 13.6. The Morgan fingerprint density at radius 2 is 2.00 bits per heavy atom. The summed E-state index contributed by atoms with van der Waals surface area (Å²) >= 11 is 6.10. The summed E-state index contributed by atoms with van der Waals surface area (Å²) in [7, 11) is 0. The van der Waals surface area contributed by atoms with Crippen LogP contribution in [0.4, 0.5) is 4.39 Å². The molecule has 0 bridgehead atoms. The molecule has 0 aliphatic carbocycles. The van der Waals surface area contributed by atoms with Crippen LogP contribution >= 0.6 is 11.6 Å². The number of ether oxygens (including phenoxy) is 1. The normalized spacial score (nSPS) is 10.4. The van der Waals surface area contributed by atoms with Crippen molar-refractivity contribution in [2.24, 2.45) is 0 Å². The first-order valence-electron chi connectivity index (χ1n) is 6.15. The van der Waals surface area contributed by atoms with Gasteiger partial charge in [-0.25, -0.2) is 4.39 Å². The zero-order chi connectivity index (χ0) is 14.7. The van der Waals surface area contributed by atoms with Crippen molar-refractivity contribution in [2.75, 3.05) is 0 Å². The van der Waals surface area contributed by atoms with Crippen molar-refractivity contribution in [2.45, 2.75) is 20.5 Å². The third-order valence-electron chi connectivity index (χ3n) is 2.92. The smallest absolute Gasteiger partial charge is 0.162 e. The van der Waals surface area contributed by atoms with E-state index < -0.39 is 5.82 Å². The maximum Gasteiger partial charge on any atom is 0.162 e. The number of ketones is 1. The second kappa shape index (κ2) is 6.06. The Balaban J connectivity index is 2.11. The zero-order valence-corrected chi connectivity index (χ0v) is 12.0. The molecule has 20 heavy (non-hydrogen) atoms. The van der Waals surface area contributed by atoms with E-state index in [1.54, 1.807) is 6.07 Å². The standard InChI is InChI=1S/C16H14ClFO2/c1-10-3-4-12(15(17)7-10)9-20-13-5-6-14(11(2)19)16(18)8-13/h3-8H,9H2,1-2H3. The lowest BCUT2D eigenvalue weighted by molar-refractivity contribution is 0.101. The summed E-state index contributed by atoms with van der Waals surface area (Å²) in [5.41, 5.74) is 1.95. The molecule has 4 heteroatoms. The first-order valence-corrected chi connectivity index (χ1v) is 6.53. The summed E-state index contributed by atoms with van der Waals surface area (Å²) in [5, 5.41) is 0.617. The van der Waals surface area contributed by atoms with Crippen LogP contribution in [-0.2, 0) is 6.61 Å². The van der Waals surface area contributed by atoms with Crippen LogP contribution in [0.5, 0.6) is 5.75 Å². The van der Waals surface area contributed by atoms with E-state index >= 15 is 0 Å². The van der Waals surface area contributed by atoms with Crippen molar-refractivity contribution in [3.63, 3.8) is 0 Å². The summed E-state index contributed by atoms with van der Waals surface area (Å²) in [6, 6.07) is 9.85. The molecule has 0 atom stereocenters. The third-order valence-corrected chi connectivity index (χ3v) is 3.27. The molecule has 0 aliphatic heterocycles. The van der Waals surface area contributed by atoms with E-state index in [0.29, 0.717) is 10.8 Å².